The molecule has 1 aromatic carbocycles. The Kier molecular flexibility index (Phi) is 3.50. The Morgan fingerprint density at radius 2 is 2.00 bits per heavy atom. The molecule has 1 rings (SSSR count). The molecule has 2 N–H and O–H groups in total. The summed E-state index contributed by atoms with van der Waals surface area (Å²) in [4.78, 5) is 0. The molecule has 0 fully saturated rings. The quantitative estimate of drug-likeness (QED) is 0.824. The molecule has 2 heteroatoms. The van der Waals surface area contributed by atoms with Crippen molar-refractivity contribution in [3.8, 4) is 0 Å². The van der Waals surface area contributed by atoms with Crippen molar-refractivity contribution >= 4 is 21.5 Å². The van der Waals surface area contributed by atoms with Crippen molar-refractivity contribution in [1.29, 1.82) is 0 Å². The molecule has 1 nitrogen and oxygen atoms in total. The predicted molar refractivity (Wildman–Crippen MR) is 56.8 cm³/mol. The van der Waals surface area contributed by atoms with Gasteiger partial charge in [0, 0.05) is 11.0 Å². The number of rotatable bonds is 2. The van der Waals surface area contributed by atoms with Crippen LogP contribution in [0.5, 0.6) is 0 Å². The maximum absolute atomic E-state index is 5.41. The van der Waals surface area contributed by atoms with E-state index in [2.05, 4.69) is 35.0 Å². The second kappa shape index (κ2) is 4.43. The molecule has 64 valence electrons. The topological polar surface area (TPSA) is 26.0 Å². The van der Waals surface area contributed by atoms with Crippen molar-refractivity contribution in [2.75, 3.05) is 6.54 Å². The third-order valence-corrected chi connectivity index (χ3v) is 2.25. The van der Waals surface area contributed by atoms with Gasteiger partial charge in [0.15, 0.2) is 0 Å². The molecular formula is C10H12BrN. The van der Waals surface area contributed by atoms with Crippen molar-refractivity contribution in [2.24, 2.45) is 5.73 Å². The summed E-state index contributed by atoms with van der Waals surface area (Å²) in [6, 6.07) is 8.21. The molecule has 0 aliphatic carbocycles. The molecular weight excluding hydrogens is 214 g/mol. The van der Waals surface area contributed by atoms with E-state index in [0.717, 1.165) is 4.47 Å². The number of benzene rings is 1. The number of allylic oxidation sites excluding steroid dienone is 1. The van der Waals surface area contributed by atoms with Gasteiger partial charge in [-0.25, -0.2) is 0 Å². The lowest BCUT2D eigenvalue weighted by molar-refractivity contribution is 1.25. The molecule has 1 aromatic rings. The fourth-order valence-electron chi connectivity index (χ4n) is 1.01. The summed E-state index contributed by atoms with van der Waals surface area (Å²) in [6.45, 7) is 2.66. The van der Waals surface area contributed by atoms with E-state index in [-0.39, 0.29) is 0 Å². The van der Waals surface area contributed by atoms with Crippen LogP contribution in [0, 0.1) is 0 Å². The highest BCUT2D eigenvalue weighted by Gasteiger charge is 1.93. The van der Waals surface area contributed by atoms with Crippen molar-refractivity contribution in [2.45, 2.75) is 6.92 Å². The molecule has 0 bridgehead atoms. The summed E-state index contributed by atoms with van der Waals surface area (Å²) in [6.07, 6.45) is 2.02. The minimum atomic E-state index is 0.599. The van der Waals surface area contributed by atoms with Gasteiger partial charge in [0.05, 0.1) is 0 Å². The monoisotopic (exact) mass is 225 g/mol. The molecule has 0 aromatic heterocycles. The Hall–Kier alpha value is -0.600. The lowest BCUT2D eigenvalue weighted by atomic mass is 10.1. The third kappa shape index (κ3) is 2.47. The van der Waals surface area contributed by atoms with Gasteiger partial charge in [-0.05, 0) is 30.2 Å². The summed E-state index contributed by atoms with van der Waals surface area (Å²) in [5.74, 6) is 0. The molecule has 12 heavy (non-hydrogen) atoms. The van der Waals surface area contributed by atoms with E-state index < -0.39 is 0 Å². The molecule has 0 heterocycles. The molecule has 0 amide bonds. The van der Waals surface area contributed by atoms with Crippen LogP contribution in [0.4, 0.5) is 0 Å². The van der Waals surface area contributed by atoms with Crippen LogP contribution in [0.1, 0.15) is 12.5 Å². The first kappa shape index (κ1) is 9.49. The summed E-state index contributed by atoms with van der Waals surface area (Å²) in [7, 11) is 0. The zero-order valence-corrected chi connectivity index (χ0v) is 8.64. The van der Waals surface area contributed by atoms with E-state index >= 15 is 0 Å². The van der Waals surface area contributed by atoms with Gasteiger partial charge >= 0.3 is 0 Å². The van der Waals surface area contributed by atoms with Crippen LogP contribution < -0.4 is 5.73 Å². The summed E-state index contributed by atoms with van der Waals surface area (Å²) < 4.78 is 1.10. The Labute approximate surface area is 81.4 Å². The third-order valence-electron chi connectivity index (χ3n) is 1.72. The molecule has 0 unspecified atom stereocenters. The minimum absolute atomic E-state index is 0.599. The second-order valence-corrected chi connectivity index (χ2v) is 3.55. The normalized spacial score (nSPS) is 11.8. The zero-order valence-electron chi connectivity index (χ0n) is 7.05. The highest BCUT2D eigenvalue weighted by atomic mass is 79.9. The first-order chi connectivity index (χ1) is 5.74. The Balaban J connectivity index is 2.89. The maximum Gasteiger partial charge on any atom is 0.0175 e. The molecule has 0 radical (unpaired) electrons. The van der Waals surface area contributed by atoms with Gasteiger partial charge < -0.3 is 5.73 Å². The van der Waals surface area contributed by atoms with Gasteiger partial charge in [-0.1, -0.05) is 34.1 Å². The molecule has 0 saturated carbocycles. The van der Waals surface area contributed by atoms with Gasteiger partial charge in [-0.2, -0.15) is 0 Å². The van der Waals surface area contributed by atoms with Gasteiger partial charge in [0.25, 0.3) is 0 Å². The van der Waals surface area contributed by atoms with Gasteiger partial charge in [0.1, 0.15) is 0 Å². The van der Waals surface area contributed by atoms with E-state index in [1.807, 2.05) is 18.2 Å². The Morgan fingerprint density at radius 1 is 1.42 bits per heavy atom. The lowest BCUT2D eigenvalue weighted by Crippen LogP contribution is -1.94. The summed E-state index contributed by atoms with van der Waals surface area (Å²) in [5, 5.41) is 0. The molecule has 0 spiro atoms. The van der Waals surface area contributed by atoms with E-state index in [9.17, 15) is 0 Å². The van der Waals surface area contributed by atoms with E-state index in [0.29, 0.717) is 6.54 Å². The second-order valence-electron chi connectivity index (χ2n) is 2.63. The van der Waals surface area contributed by atoms with Crippen molar-refractivity contribution in [3.63, 3.8) is 0 Å². The number of nitrogens with two attached hydrogens (primary N) is 1. The Bertz CT molecular complexity index is 274. The standard InChI is InChI=1S/C10H12BrN/c1-8(6-7-12)9-2-4-10(11)5-3-9/h2-6H,7,12H2,1H3/b8-6-. The number of halogens is 1. The van der Waals surface area contributed by atoms with Crippen molar-refractivity contribution < 1.29 is 0 Å². The van der Waals surface area contributed by atoms with Gasteiger partial charge in [-0.3, -0.25) is 0 Å². The molecule has 0 aliphatic heterocycles. The van der Waals surface area contributed by atoms with E-state index in [1.165, 1.54) is 11.1 Å². The van der Waals surface area contributed by atoms with Crippen LogP contribution >= 0.6 is 15.9 Å². The lowest BCUT2D eigenvalue weighted by Gasteiger charge is -2.00. The molecule has 0 saturated heterocycles. The number of hydrogen-bond donors (Lipinski definition) is 1. The number of hydrogen-bond acceptors (Lipinski definition) is 1. The van der Waals surface area contributed by atoms with Gasteiger partial charge in [0.2, 0.25) is 0 Å². The minimum Gasteiger partial charge on any atom is -0.327 e. The fraction of sp³-hybridized carbons (Fsp3) is 0.200. The highest BCUT2D eigenvalue weighted by Crippen LogP contribution is 2.16. The highest BCUT2D eigenvalue weighted by molar-refractivity contribution is 9.10. The zero-order chi connectivity index (χ0) is 8.97. The first-order valence-corrected chi connectivity index (χ1v) is 4.66. The van der Waals surface area contributed by atoms with E-state index in [4.69, 9.17) is 5.73 Å². The van der Waals surface area contributed by atoms with E-state index in [1.54, 1.807) is 0 Å². The SMILES string of the molecule is C/C(=C/CN)c1ccc(Br)cc1. The van der Waals surface area contributed by atoms with Crippen molar-refractivity contribution in [3.05, 3.63) is 40.4 Å². The van der Waals surface area contributed by atoms with Crippen molar-refractivity contribution in [1.82, 2.24) is 0 Å². The van der Waals surface area contributed by atoms with Crippen LogP contribution in [-0.2, 0) is 0 Å². The van der Waals surface area contributed by atoms with Gasteiger partial charge in [-0.15, -0.1) is 0 Å². The predicted octanol–water partition coefficient (Wildman–Crippen LogP) is 2.81. The summed E-state index contributed by atoms with van der Waals surface area (Å²) >= 11 is 3.39. The molecule has 0 atom stereocenters. The van der Waals surface area contributed by atoms with Crippen LogP contribution in [0.25, 0.3) is 5.57 Å². The van der Waals surface area contributed by atoms with Crippen LogP contribution in [0.15, 0.2) is 34.8 Å². The first-order valence-electron chi connectivity index (χ1n) is 3.87. The fourth-order valence-corrected chi connectivity index (χ4v) is 1.27. The van der Waals surface area contributed by atoms with Crippen LogP contribution in [-0.4, -0.2) is 6.54 Å². The average molecular weight is 226 g/mol. The maximum atomic E-state index is 5.41. The van der Waals surface area contributed by atoms with Crippen LogP contribution in [0.3, 0.4) is 0 Å². The largest absolute Gasteiger partial charge is 0.327 e. The molecule has 0 aliphatic rings. The summed E-state index contributed by atoms with van der Waals surface area (Å²) in [5.41, 5.74) is 7.86. The smallest absolute Gasteiger partial charge is 0.0175 e. The Morgan fingerprint density at radius 3 is 2.50 bits per heavy atom. The van der Waals surface area contributed by atoms with Crippen LogP contribution in [0.2, 0.25) is 0 Å². The average Bonchev–Trinajstić information content (AvgIpc) is 2.06.